The molecule has 0 unspecified atom stereocenters. The quantitative estimate of drug-likeness (QED) is 0.404. The molecule has 0 amide bonds. The van der Waals surface area contributed by atoms with Gasteiger partial charge in [-0.05, 0) is 6.42 Å². The van der Waals surface area contributed by atoms with Crippen molar-refractivity contribution in [2.24, 2.45) is 0 Å². The van der Waals surface area contributed by atoms with Crippen LogP contribution in [-0.4, -0.2) is 57.1 Å². The van der Waals surface area contributed by atoms with Gasteiger partial charge in [-0.25, -0.2) is 0 Å². The van der Waals surface area contributed by atoms with Crippen molar-refractivity contribution in [2.45, 2.75) is 12.8 Å². The Labute approximate surface area is 108 Å². The fraction of sp³-hybridized carbons (Fsp3) is 0.700. The van der Waals surface area contributed by atoms with E-state index in [-0.39, 0.29) is 26.1 Å². The molecule has 0 radical (unpaired) electrons. The van der Waals surface area contributed by atoms with Crippen LogP contribution in [0.4, 0.5) is 0 Å². The van der Waals surface area contributed by atoms with E-state index in [1.165, 1.54) is 7.05 Å². The van der Waals surface area contributed by atoms with Gasteiger partial charge in [0.05, 0.1) is 19.6 Å². The van der Waals surface area contributed by atoms with E-state index in [2.05, 4.69) is 11.3 Å². The molecule has 18 heavy (non-hydrogen) atoms. The molecule has 0 aromatic carbocycles. The highest BCUT2D eigenvalue weighted by Crippen LogP contribution is 1.95. The van der Waals surface area contributed by atoms with Crippen LogP contribution < -0.4 is 4.72 Å². The second kappa shape index (κ2) is 9.03. The summed E-state index contributed by atoms with van der Waals surface area (Å²) in [6.07, 6.45) is 2.20. The Kier molecular flexibility index (Phi) is 8.55. The van der Waals surface area contributed by atoms with Crippen molar-refractivity contribution < 1.29 is 23.1 Å². The van der Waals surface area contributed by atoms with Crippen LogP contribution in [0.2, 0.25) is 0 Å². The minimum absolute atomic E-state index is 0.0675. The third-order valence-corrected chi connectivity index (χ3v) is 3.62. The van der Waals surface area contributed by atoms with Gasteiger partial charge >= 0.3 is 5.97 Å². The molecule has 0 saturated carbocycles. The van der Waals surface area contributed by atoms with Crippen molar-refractivity contribution in [3.05, 3.63) is 12.7 Å². The highest BCUT2D eigenvalue weighted by molar-refractivity contribution is 7.87. The standard InChI is InChI=1S/C10H20N2O5S/c1-3-4-8-17-9-6-11-18(15,16)12(2)7-5-10(13)14/h3,11H,1,4-9H2,2H3,(H,13,14). The minimum atomic E-state index is -3.63. The lowest BCUT2D eigenvalue weighted by atomic mass is 10.4. The van der Waals surface area contributed by atoms with Crippen LogP contribution in [0.15, 0.2) is 12.7 Å². The predicted molar refractivity (Wildman–Crippen MR) is 67.4 cm³/mol. The maximum Gasteiger partial charge on any atom is 0.304 e. The molecule has 0 saturated heterocycles. The van der Waals surface area contributed by atoms with E-state index in [1.807, 2.05) is 0 Å². The lowest BCUT2D eigenvalue weighted by Crippen LogP contribution is -2.40. The van der Waals surface area contributed by atoms with E-state index in [4.69, 9.17) is 9.84 Å². The number of aliphatic carboxylic acids is 1. The second-order valence-electron chi connectivity index (χ2n) is 3.55. The normalized spacial score (nSPS) is 11.7. The number of nitrogens with one attached hydrogen (secondary N) is 1. The highest BCUT2D eigenvalue weighted by atomic mass is 32.2. The first-order chi connectivity index (χ1) is 8.40. The predicted octanol–water partition coefficient (Wildman–Crippen LogP) is -0.180. The van der Waals surface area contributed by atoms with Gasteiger partial charge in [-0.3, -0.25) is 4.79 Å². The average Bonchev–Trinajstić information content (AvgIpc) is 2.30. The summed E-state index contributed by atoms with van der Waals surface area (Å²) in [5, 5.41) is 8.45. The number of ether oxygens (including phenoxy) is 1. The Morgan fingerprint density at radius 3 is 2.72 bits per heavy atom. The largest absolute Gasteiger partial charge is 0.481 e. The Morgan fingerprint density at radius 1 is 1.50 bits per heavy atom. The summed E-state index contributed by atoms with van der Waals surface area (Å²) in [5.74, 6) is -1.04. The fourth-order valence-corrected chi connectivity index (χ4v) is 1.89. The van der Waals surface area contributed by atoms with Gasteiger partial charge in [-0.15, -0.1) is 6.58 Å². The smallest absolute Gasteiger partial charge is 0.304 e. The van der Waals surface area contributed by atoms with Gasteiger partial charge in [0.15, 0.2) is 0 Å². The molecule has 0 spiro atoms. The SMILES string of the molecule is C=CCCOCCNS(=O)(=O)N(C)CCC(=O)O. The molecule has 0 aliphatic carbocycles. The summed E-state index contributed by atoms with van der Waals surface area (Å²) in [7, 11) is -2.31. The molecule has 0 aromatic rings. The monoisotopic (exact) mass is 280 g/mol. The molecule has 7 nitrogen and oxygen atoms in total. The van der Waals surface area contributed by atoms with Gasteiger partial charge in [-0.2, -0.15) is 17.4 Å². The maximum absolute atomic E-state index is 11.6. The van der Waals surface area contributed by atoms with Crippen LogP contribution in [0, 0.1) is 0 Å². The molecule has 2 N–H and O–H groups in total. The minimum Gasteiger partial charge on any atom is -0.481 e. The van der Waals surface area contributed by atoms with E-state index in [0.717, 1.165) is 4.31 Å². The molecule has 0 fully saturated rings. The van der Waals surface area contributed by atoms with Crippen LogP contribution >= 0.6 is 0 Å². The van der Waals surface area contributed by atoms with Gasteiger partial charge < -0.3 is 9.84 Å². The Hall–Kier alpha value is -0.960. The zero-order chi connectivity index (χ0) is 14.0. The molecule has 0 aliphatic rings. The highest BCUT2D eigenvalue weighted by Gasteiger charge is 2.17. The second-order valence-corrected chi connectivity index (χ2v) is 5.42. The number of rotatable bonds is 11. The zero-order valence-electron chi connectivity index (χ0n) is 10.5. The number of carboxylic acid groups (broad SMARTS) is 1. The van der Waals surface area contributed by atoms with Crippen molar-refractivity contribution >= 4 is 16.2 Å². The first-order valence-electron chi connectivity index (χ1n) is 5.51. The molecule has 0 atom stereocenters. The van der Waals surface area contributed by atoms with Gasteiger partial charge in [-0.1, -0.05) is 6.08 Å². The fourth-order valence-electron chi connectivity index (χ4n) is 0.995. The van der Waals surface area contributed by atoms with Crippen LogP contribution in [0.1, 0.15) is 12.8 Å². The van der Waals surface area contributed by atoms with Gasteiger partial charge in [0.2, 0.25) is 0 Å². The number of hydrogen-bond donors (Lipinski definition) is 2. The van der Waals surface area contributed by atoms with E-state index < -0.39 is 16.2 Å². The summed E-state index contributed by atoms with van der Waals surface area (Å²) in [5.41, 5.74) is 0. The Bertz CT molecular complexity index is 355. The van der Waals surface area contributed by atoms with Crippen molar-refractivity contribution in [3.8, 4) is 0 Å². The van der Waals surface area contributed by atoms with E-state index in [9.17, 15) is 13.2 Å². The third kappa shape index (κ3) is 8.18. The van der Waals surface area contributed by atoms with Crippen LogP contribution in [0.5, 0.6) is 0 Å². The molecule has 0 heterocycles. The van der Waals surface area contributed by atoms with Crippen molar-refractivity contribution in [1.29, 1.82) is 0 Å². The van der Waals surface area contributed by atoms with E-state index >= 15 is 0 Å². The van der Waals surface area contributed by atoms with Crippen molar-refractivity contribution in [1.82, 2.24) is 9.03 Å². The summed E-state index contributed by atoms with van der Waals surface area (Å²) in [4.78, 5) is 10.3. The van der Waals surface area contributed by atoms with Crippen molar-refractivity contribution in [2.75, 3.05) is 33.4 Å². The number of hydrogen-bond acceptors (Lipinski definition) is 4. The number of nitrogens with zero attached hydrogens (tertiary/aromatic N) is 1. The lowest BCUT2D eigenvalue weighted by molar-refractivity contribution is -0.137. The molecule has 0 bridgehead atoms. The molecule has 0 aliphatic heterocycles. The first-order valence-corrected chi connectivity index (χ1v) is 6.95. The van der Waals surface area contributed by atoms with Gasteiger partial charge in [0, 0.05) is 20.1 Å². The maximum atomic E-state index is 11.6. The van der Waals surface area contributed by atoms with Gasteiger partial charge in [0.25, 0.3) is 10.2 Å². The molecule has 106 valence electrons. The van der Waals surface area contributed by atoms with Crippen LogP contribution in [0.25, 0.3) is 0 Å². The lowest BCUT2D eigenvalue weighted by Gasteiger charge is -2.16. The summed E-state index contributed by atoms with van der Waals surface area (Å²) in [6.45, 7) is 4.38. The topological polar surface area (TPSA) is 95.9 Å². The molecule has 8 heteroatoms. The molecular weight excluding hydrogens is 260 g/mol. The summed E-state index contributed by atoms with van der Waals surface area (Å²) >= 11 is 0. The number of carboxylic acids is 1. The van der Waals surface area contributed by atoms with Gasteiger partial charge in [0.1, 0.15) is 0 Å². The van der Waals surface area contributed by atoms with Crippen molar-refractivity contribution in [3.63, 3.8) is 0 Å². The van der Waals surface area contributed by atoms with Crippen LogP contribution in [-0.2, 0) is 19.7 Å². The summed E-state index contributed by atoms with van der Waals surface area (Å²) < 4.78 is 31.6. The van der Waals surface area contributed by atoms with E-state index in [0.29, 0.717) is 13.0 Å². The molecule has 0 rings (SSSR count). The molecule has 0 aromatic heterocycles. The van der Waals surface area contributed by atoms with Crippen LogP contribution in [0.3, 0.4) is 0 Å². The van der Waals surface area contributed by atoms with E-state index in [1.54, 1.807) is 6.08 Å². The molecular formula is C10H20N2O5S. The Morgan fingerprint density at radius 2 is 2.17 bits per heavy atom. The average molecular weight is 280 g/mol. The summed E-state index contributed by atoms with van der Waals surface area (Å²) in [6, 6.07) is 0. The third-order valence-electron chi connectivity index (χ3n) is 2.05. The Balaban J connectivity index is 3.84. The number of carbonyl (C=O) groups is 1. The zero-order valence-corrected chi connectivity index (χ0v) is 11.3. The first kappa shape index (κ1) is 17.0.